The number of hydrogen-bond donors (Lipinski definition) is 2. The molecule has 2 heterocycles. The zero-order chi connectivity index (χ0) is 13.0. The predicted molar refractivity (Wildman–Crippen MR) is 65.5 cm³/mol. The van der Waals surface area contributed by atoms with Crippen LogP contribution in [0.5, 0.6) is 0 Å². The van der Waals surface area contributed by atoms with Crippen LogP contribution >= 0.6 is 0 Å². The van der Waals surface area contributed by atoms with Gasteiger partial charge in [-0.05, 0) is 18.9 Å². The van der Waals surface area contributed by atoms with Crippen LogP contribution in [0.15, 0.2) is 12.3 Å². The van der Waals surface area contributed by atoms with Crippen LogP contribution in [0.1, 0.15) is 31.9 Å². The smallest absolute Gasteiger partial charge is 0.243 e. The van der Waals surface area contributed by atoms with Crippen LogP contribution in [-0.4, -0.2) is 27.6 Å². The number of amides is 2. The molecule has 1 aliphatic rings. The Balaban J connectivity index is 1.89. The molecule has 0 radical (unpaired) electrons. The van der Waals surface area contributed by atoms with Crippen molar-refractivity contribution < 1.29 is 9.59 Å². The summed E-state index contributed by atoms with van der Waals surface area (Å²) in [5, 5.41) is 9.73. The lowest BCUT2D eigenvalue weighted by molar-refractivity contribution is -0.134. The zero-order valence-electron chi connectivity index (χ0n) is 10.5. The molecule has 1 fully saturated rings. The molecule has 2 amide bonds. The molecule has 2 N–H and O–H groups in total. The molecule has 1 aromatic heterocycles. The van der Waals surface area contributed by atoms with E-state index in [0.29, 0.717) is 19.4 Å². The Hall–Kier alpha value is -1.69. The highest BCUT2D eigenvalue weighted by atomic mass is 16.2. The number of nitrogens with one attached hydrogen (secondary N) is 2. The maximum atomic E-state index is 11.6. The molecule has 0 bridgehead atoms. The fourth-order valence-corrected chi connectivity index (χ4v) is 2.04. The van der Waals surface area contributed by atoms with Gasteiger partial charge >= 0.3 is 0 Å². The van der Waals surface area contributed by atoms with Gasteiger partial charge in [0.05, 0.1) is 11.7 Å². The van der Waals surface area contributed by atoms with Gasteiger partial charge in [-0.1, -0.05) is 6.92 Å². The van der Waals surface area contributed by atoms with E-state index in [9.17, 15) is 9.59 Å². The minimum Gasteiger partial charge on any atom is -0.300 e. The third-order valence-corrected chi connectivity index (χ3v) is 3.01. The van der Waals surface area contributed by atoms with Crippen molar-refractivity contribution in [2.45, 2.75) is 45.3 Å². The number of aryl methyl sites for hydroxylation is 1. The van der Waals surface area contributed by atoms with Gasteiger partial charge in [0.1, 0.15) is 0 Å². The van der Waals surface area contributed by atoms with Gasteiger partial charge in [0.15, 0.2) is 0 Å². The van der Waals surface area contributed by atoms with E-state index < -0.39 is 0 Å². The number of carbonyl (C=O) groups excluding carboxylic acids is 2. The first-order valence-corrected chi connectivity index (χ1v) is 6.28. The number of piperidine rings is 1. The van der Waals surface area contributed by atoms with Crippen LogP contribution in [0, 0.1) is 0 Å². The van der Waals surface area contributed by atoms with E-state index in [-0.39, 0.29) is 17.9 Å². The first kappa shape index (κ1) is 12.8. The summed E-state index contributed by atoms with van der Waals surface area (Å²) in [5.41, 5.74) is 1.06. The average molecular weight is 250 g/mol. The van der Waals surface area contributed by atoms with Gasteiger partial charge < -0.3 is 5.32 Å². The molecule has 0 saturated carbocycles. The molecule has 18 heavy (non-hydrogen) atoms. The summed E-state index contributed by atoms with van der Waals surface area (Å²) < 4.78 is 1.93. The highest BCUT2D eigenvalue weighted by Crippen LogP contribution is 2.06. The van der Waals surface area contributed by atoms with E-state index >= 15 is 0 Å². The fraction of sp³-hybridized carbons (Fsp3) is 0.583. The van der Waals surface area contributed by atoms with Gasteiger partial charge in [-0.2, -0.15) is 5.10 Å². The Morgan fingerprint density at radius 2 is 2.39 bits per heavy atom. The monoisotopic (exact) mass is 250 g/mol. The van der Waals surface area contributed by atoms with Gasteiger partial charge in [-0.25, -0.2) is 0 Å². The molecular formula is C12H18N4O2. The molecule has 98 valence electrons. The van der Waals surface area contributed by atoms with Crippen molar-refractivity contribution in [3.8, 4) is 0 Å². The lowest BCUT2D eigenvalue weighted by Gasteiger charge is -2.22. The Bertz CT molecular complexity index is 441. The van der Waals surface area contributed by atoms with Crippen LogP contribution in [0.3, 0.4) is 0 Å². The van der Waals surface area contributed by atoms with Crippen LogP contribution in [-0.2, 0) is 22.7 Å². The second kappa shape index (κ2) is 5.77. The average Bonchev–Trinajstić information content (AvgIpc) is 2.76. The summed E-state index contributed by atoms with van der Waals surface area (Å²) in [6, 6.07) is 1.65. The molecular weight excluding hydrogens is 232 g/mol. The minimum atomic E-state index is -0.285. The van der Waals surface area contributed by atoms with E-state index in [1.807, 2.05) is 10.7 Å². The summed E-state index contributed by atoms with van der Waals surface area (Å²) in [4.78, 5) is 22.6. The molecule has 0 aromatic carbocycles. The first-order valence-electron chi connectivity index (χ1n) is 6.28. The van der Waals surface area contributed by atoms with Gasteiger partial charge in [0.25, 0.3) is 0 Å². The summed E-state index contributed by atoms with van der Waals surface area (Å²) in [6.45, 7) is 3.56. The van der Waals surface area contributed by atoms with Crippen LogP contribution in [0.25, 0.3) is 0 Å². The number of aromatic nitrogens is 2. The summed E-state index contributed by atoms with van der Waals surface area (Å²) in [7, 11) is 0. The van der Waals surface area contributed by atoms with Gasteiger partial charge in [0, 0.05) is 25.7 Å². The quantitative estimate of drug-likeness (QED) is 0.731. The summed E-state index contributed by atoms with van der Waals surface area (Å²) >= 11 is 0. The molecule has 0 aliphatic carbocycles. The van der Waals surface area contributed by atoms with E-state index in [4.69, 9.17) is 0 Å². The molecule has 2 rings (SSSR count). The molecule has 0 spiro atoms. The minimum absolute atomic E-state index is 0.186. The second-order valence-corrected chi connectivity index (χ2v) is 4.43. The third kappa shape index (κ3) is 2.95. The maximum Gasteiger partial charge on any atom is 0.243 e. The number of rotatable bonds is 5. The highest BCUT2D eigenvalue weighted by molar-refractivity contribution is 6.00. The molecule has 1 aliphatic heterocycles. The van der Waals surface area contributed by atoms with E-state index in [2.05, 4.69) is 22.7 Å². The number of imide groups is 1. The van der Waals surface area contributed by atoms with Crippen molar-refractivity contribution in [3.05, 3.63) is 18.0 Å². The summed E-state index contributed by atoms with van der Waals surface area (Å²) in [6.07, 6.45) is 3.74. The standard InChI is InChI=1S/C12H18N4O2/c1-2-7-16-9(5-6-14-16)8-13-10-3-4-11(17)15-12(10)18/h5-6,10,13H,2-4,7-8H2,1H3,(H,15,17,18). The van der Waals surface area contributed by atoms with Crippen molar-refractivity contribution in [1.82, 2.24) is 20.4 Å². The molecule has 1 unspecified atom stereocenters. The zero-order valence-corrected chi connectivity index (χ0v) is 10.5. The van der Waals surface area contributed by atoms with Crippen LogP contribution in [0.4, 0.5) is 0 Å². The van der Waals surface area contributed by atoms with Crippen LogP contribution in [0.2, 0.25) is 0 Å². The molecule has 6 nitrogen and oxygen atoms in total. The second-order valence-electron chi connectivity index (χ2n) is 4.43. The normalized spacial score (nSPS) is 19.9. The number of nitrogens with zero attached hydrogens (tertiary/aromatic N) is 2. The molecule has 1 aromatic rings. The first-order chi connectivity index (χ1) is 8.70. The van der Waals surface area contributed by atoms with Crippen molar-refractivity contribution in [2.75, 3.05) is 0 Å². The molecule has 1 saturated heterocycles. The van der Waals surface area contributed by atoms with Crippen LogP contribution < -0.4 is 10.6 Å². The van der Waals surface area contributed by atoms with Crippen molar-refractivity contribution in [2.24, 2.45) is 0 Å². The van der Waals surface area contributed by atoms with E-state index in [1.165, 1.54) is 0 Å². The molecule has 1 atom stereocenters. The topological polar surface area (TPSA) is 76.0 Å². The van der Waals surface area contributed by atoms with E-state index in [0.717, 1.165) is 18.7 Å². The molecule has 6 heteroatoms. The van der Waals surface area contributed by atoms with E-state index in [1.54, 1.807) is 6.20 Å². The predicted octanol–water partition coefficient (Wildman–Crippen LogP) is 0.188. The third-order valence-electron chi connectivity index (χ3n) is 3.01. The lowest BCUT2D eigenvalue weighted by atomic mass is 10.1. The van der Waals surface area contributed by atoms with Gasteiger partial charge in [-0.3, -0.25) is 19.6 Å². The SMILES string of the molecule is CCCn1nccc1CNC1CCC(=O)NC1=O. The van der Waals surface area contributed by atoms with Crippen molar-refractivity contribution in [1.29, 1.82) is 0 Å². The van der Waals surface area contributed by atoms with Crippen molar-refractivity contribution in [3.63, 3.8) is 0 Å². The number of hydrogen-bond acceptors (Lipinski definition) is 4. The largest absolute Gasteiger partial charge is 0.300 e. The van der Waals surface area contributed by atoms with Gasteiger partial charge in [0.2, 0.25) is 11.8 Å². The Morgan fingerprint density at radius 3 is 3.11 bits per heavy atom. The lowest BCUT2D eigenvalue weighted by Crippen LogP contribution is -2.50. The van der Waals surface area contributed by atoms with Gasteiger partial charge in [-0.15, -0.1) is 0 Å². The highest BCUT2D eigenvalue weighted by Gasteiger charge is 2.25. The fourth-order valence-electron chi connectivity index (χ4n) is 2.04. The Kier molecular flexibility index (Phi) is 4.09. The maximum absolute atomic E-state index is 11.6. The number of carbonyl (C=O) groups is 2. The Morgan fingerprint density at radius 1 is 1.56 bits per heavy atom. The van der Waals surface area contributed by atoms with Crippen molar-refractivity contribution >= 4 is 11.8 Å². The Labute approximate surface area is 106 Å². The summed E-state index contributed by atoms with van der Waals surface area (Å²) in [5.74, 6) is -0.415.